The fraction of sp³-hybridized carbons (Fsp3) is 0.750. The van der Waals surface area contributed by atoms with Crippen LogP contribution in [0.1, 0.15) is 27.7 Å². The summed E-state index contributed by atoms with van der Waals surface area (Å²) in [4.78, 5) is 11.3. The summed E-state index contributed by atoms with van der Waals surface area (Å²) in [6, 6.07) is 0. The number of halogens is 1. The van der Waals surface area contributed by atoms with Crippen molar-refractivity contribution in [2.45, 2.75) is 27.7 Å². The van der Waals surface area contributed by atoms with Crippen molar-refractivity contribution in [3.63, 3.8) is 0 Å². The van der Waals surface area contributed by atoms with Crippen LogP contribution in [0.5, 0.6) is 0 Å². The van der Waals surface area contributed by atoms with E-state index in [9.17, 15) is 4.79 Å². The van der Waals surface area contributed by atoms with Gasteiger partial charge in [-0.05, 0) is 0 Å². The molecule has 0 aliphatic heterocycles. The minimum atomic E-state index is -1.78. The van der Waals surface area contributed by atoms with Gasteiger partial charge < -0.3 is 0 Å². The van der Waals surface area contributed by atoms with Gasteiger partial charge >= 0.3 is 107 Å². The fourth-order valence-corrected chi connectivity index (χ4v) is 4.91. The Morgan fingerprint density at radius 2 is 1.69 bits per heavy atom. The summed E-state index contributed by atoms with van der Waals surface area (Å²) in [7, 11) is 0. The van der Waals surface area contributed by atoms with Crippen LogP contribution >= 0.6 is 20.8 Å². The molecule has 0 atom stereocenters. The molecule has 16 heavy (non-hydrogen) atoms. The van der Waals surface area contributed by atoms with E-state index in [4.69, 9.17) is 4.74 Å². The van der Waals surface area contributed by atoms with Crippen molar-refractivity contribution in [1.29, 1.82) is 0 Å². The zero-order valence-electron chi connectivity index (χ0n) is 10.9. The van der Waals surface area contributed by atoms with Gasteiger partial charge in [0, 0.05) is 0 Å². The molecular formula is C12H24BrO2P. The van der Waals surface area contributed by atoms with Gasteiger partial charge in [0.2, 0.25) is 0 Å². The Balaban J connectivity index is 4.36. The van der Waals surface area contributed by atoms with Gasteiger partial charge in [-0.1, -0.05) is 0 Å². The fourth-order valence-electron chi connectivity index (χ4n) is 1.63. The number of hydrogen-bond donors (Lipinski definition) is 0. The Hall–Kier alpha value is 0.120. The van der Waals surface area contributed by atoms with E-state index in [1.165, 1.54) is 0 Å². The Labute approximate surface area is 107 Å². The van der Waals surface area contributed by atoms with Crippen molar-refractivity contribution in [3.8, 4) is 0 Å². The van der Waals surface area contributed by atoms with E-state index in [1.54, 1.807) is 6.92 Å². The molecule has 2 nitrogen and oxygen atoms in total. The molecule has 0 saturated carbocycles. The molecular weight excluding hydrogens is 287 g/mol. The molecule has 0 fully saturated rings. The number of carbonyl (C=O) groups excluding carboxylic acids is 1. The van der Waals surface area contributed by atoms with E-state index in [-0.39, 0.29) is 5.97 Å². The molecule has 0 aromatic heterocycles. The molecule has 0 unspecified atom stereocenters. The van der Waals surface area contributed by atoms with Crippen molar-refractivity contribution < 1.29 is 9.53 Å². The summed E-state index contributed by atoms with van der Waals surface area (Å²) in [5.74, 6) is -0.277. The average Bonchev–Trinajstić information content (AvgIpc) is 2.29. The van der Waals surface area contributed by atoms with Gasteiger partial charge in [0.1, 0.15) is 0 Å². The number of rotatable bonds is 7. The zero-order chi connectivity index (χ0) is 12.8. The van der Waals surface area contributed by atoms with Gasteiger partial charge in [-0.2, -0.15) is 0 Å². The first-order chi connectivity index (χ1) is 7.31. The molecule has 0 heterocycles. The quantitative estimate of drug-likeness (QED) is 0.403. The summed E-state index contributed by atoms with van der Waals surface area (Å²) in [5.41, 5.74) is 0.472. The third-order valence-corrected chi connectivity index (χ3v) is 15.2. The maximum atomic E-state index is 11.3. The van der Waals surface area contributed by atoms with Crippen LogP contribution in [0.4, 0.5) is 0 Å². The van der Waals surface area contributed by atoms with Gasteiger partial charge in [-0.15, -0.1) is 0 Å². The van der Waals surface area contributed by atoms with E-state index in [1.807, 2.05) is 0 Å². The topological polar surface area (TPSA) is 26.3 Å². The molecule has 0 aromatic carbocycles. The number of ether oxygens (including phenoxy) is 1. The molecule has 0 aliphatic rings. The van der Waals surface area contributed by atoms with Crippen LogP contribution in [0.2, 0.25) is 0 Å². The van der Waals surface area contributed by atoms with Crippen LogP contribution in [0.3, 0.4) is 0 Å². The average molecular weight is 311 g/mol. The van der Waals surface area contributed by atoms with Crippen LogP contribution in [-0.2, 0) is 9.53 Å². The van der Waals surface area contributed by atoms with Crippen LogP contribution in [-0.4, -0.2) is 37.2 Å². The summed E-state index contributed by atoms with van der Waals surface area (Å²) >= 11 is 3.99. The van der Waals surface area contributed by atoms with Gasteiger partial charge in [-0.3, -0.25) is 0 Å². The maximum absolute atomic E-state index is 11.3. The SMILES string of the molecule is C=C(C)C(=O)OCCP(Br)(CC)(CC)CC. The predicted octanol–water partition coefficient (Wildman–Crippen LogP) is 4.03. The zero-order valence-corrected chi connectivity index (χ0v) is 13.4. The predicted molar refractivity (Wildman–Crippen MR) is 78.1 cm³/mol. The van der Waals surface area contributed by atoms with Gasteiger partial charge in [0.05, 0.1) is 0 Å². The second-order valence-electron chi connectivity index (χ2n) is 4.41. The van der Waals surface area contributed by atoms with Crippen LogP contribution in [0.15, 0.2) is 12.2 Å². The molecule has 4 heteroatoms. The van der Waals surface area contributed by atoms with E-state index < -0.39 is 5.31 Å². The standard InChI is InChI=1S/C12H24BrO2P/c1-6-16(13,7-2,8-3)10-9-15-12(14)11(4)5/h4,6-10H2,1-3,5H3. The molecule has 0 bridgehead atoms. The third-order valence-electron chi connectivity index (χ3n) is 3.60. The van der Waals surface area contributed by atoms with E-state index >= 15 is 0 Å². The molecule has 0 aliphatic carbocycles. The van der Waals surface area contributed by atoms with E-state index in [2.05, 4.69) is 42.8 Å². The molecule has 0 saturated heterocycles. The Kier molecular flexibility index (Phi) is 6.21. The molecule has 0 aromatic rings. The molecule has 0 amide bonds. The first kappa shape index (κ1) is 16.1. The van der Waals surface area contributed by atoms with E-state index in [0.717, 1.165) is 24.6 Å². The number of hydrogen-bond acceptors (Lipinski definition) is 2. The van der Waals surface area contributed by atoms with Crippen LogP contribution in [0.25, 0.3) is 0 Å². The van der Waals surface area contributed by atoms with Crippen molar-refractivity contribution in [2.75, 3.05) is 31.3 Å². The van der Waals surface area contributed by atoms with E-state index in [0.29, 0.717) is 12.2 Å². The first-order valence-corrected chi connectivity index (χ1v) is 10.9. The van der Waals surface area contributed by atoms with Gasteiger partial charge in [0.25, 0.3) is 0 Å². The van der Waals surface area contributed by atoms with Crippen molar-refractivity contribution in [1.82, 2.24) is 0 Å². The first-order valence-electron chi connectivity index (χ1n) is 5.86. The Bertz CT molecular complexity index is 261. The number of esters is 1. The van der Waals surface area contributed by atoms with Crippen LogP contribution < -0.4 is 0 Å². The monoisotopic (exact) mass is 310 g/mol. The summed E-state index contributed by atoms with van der Waals surface area (Å²) < 4.78 is 5.19. The summed E-state index contributed by atoms with van der Waals surface area (Å²) in [6.45, 7) is 12.4. The molecule has 96 valence electrons. The number of carbonyl (C=O) groups is 1. The molecule has 0 rings (SSSR count). The normalized spacial score (nSPS) is 13.9. The van der Waals surface area contributed by atoms with Gasteiger partial charge in [0.15, 0.2) is 0 Å². The van der Waals surface area contributed by atoms with Crippen LogP contribution in [0, 0.1) is 0 Å². The third kappa shape index (κ3) is 4.18. The Morgan fingerprint density at radius 1 is 1.25 bits per heavy atom. The molecule has 0 N–H and O–H groups in total. The van der Waals surface area contributed by atoms with Crippen molar-refractivity contribution in [3.05, 3.63) is 12.2 Å². The second kappa shape index (κ2) is 6.16. The minimum absolute atomic E-state index is 0.277. The summed E-state index contributed by atoms with van der Waals surface area (Å²) in [5, 5.41) is -1.78. The Morgan fingerprint density at radius 3 is 2.00 bits per heavy atom. The second-order valence-corrected chi connectivity index (χ2v) is 16.4. The van der Waals surface area contributed by atoms with Gasteiger partial charge in [-0.25, -0.2) is 0 Å². The molecule has 0 spiro atoms. The molecule has 0 radical (unpaired) electrons. The van der Waals surface area contributed by atoms with Crippen molar-refractivity contribution >= 4 is 26.8 Å². The van der Waals surface area contributed by atoms with Crippen molar-refractivity contribution in [2.24, 2.45) is 0 Å². The summed E-state index contributed by atoms with van der Waals surface area (Å²) in [6.07, 6.45) is 4.43.